The largest absolute Gasteiger partial charge is 0.379 e. The highest BCUT2D eigenvalue weighted by molar-refractivity contribution is 7.13. The number of hydrogen-bond acceptors (Lipinski definition) is 6. The fourth-order valence-corrected chi connectivity index (χ4v) is 4.37. The quantitative estimate of drug-likeness (QED) is 0.601. The Labute approximate surface area is 170 Å². The first-order chi connectivity index (χ1) is 13.9. The number of hydrogen-bond donors (Lipinski definition) is 1. The molecule has 0 saturated carbocycles. The van der Waals surface area contributed by atoms with Gasteiger partial charge < -0.3 is 4.74 Å². The van der Waals surface area contributed by atoms with E-state index in [9.17, 15) is 0 Å². The molecule has 0 amide bonds. The molecule has 4 rings (SSSR count). The second-order valence-corrected chi connectivity index (χ2v) is 8.07. The van der Waals surface area contributed by atoms with Crippen molar-refractivity contribution in [3.8, 4) is 10.6 Å². The van der Waals surface area contributed by atoms with Gasteiger partial charge in [-0.3, -0.25) is 19.9 Å². The maximum Gasteiger partial charge on any atom is 0.0794 e. The van der Waals surface area contributed by atoms with Crippen LogP contribution >= 0.6 is 11.3 Å². The third kappa shape index (κ3) is 5.26. The summed E-state index contributed by atoms with van der Waals surface area (Å²) >= 11 is 1.74. The lowest BCUT2D eigenvalue weighted by Gasteiger charge is -2.28. The minimum atomic E-state index is 0.860. The summed E-state index contributed by atoms with van der Waals surface area (Å²) in [5, 5.41) is 9.60. The Balaban J connectivity index is 1.41. The molecule has 3 aromatic heterocycles. The molecule has 1 aliphatic rings. The van der Waals surface area contributed by atoms with Crippen molar-refractivity contribution in [2.24, 2.45) is 0 Å². The molecule has 7 heteroatoms. The van der Waals surface area contributed by atoms with Crippen LogP contribution < -0.4 is 0 Å². The first-order valence-electron chi connectivity index (χ1n) is 9.86. The van der Waals surface area contributed by atoms with Crippen LogP contribution in [0.2, 0.25) is 0 Å². The summed E-state index contributed by atoms with van der Waals surface area (Å²) in [7, 11) is 0. The van der Waals surface area contributed by atoms with Gasteiger partial charge in [0, 0.05) is 50.7 Å². The number of thiophene rings is 1. The minimum Gasteiger partial charge on any atom is -0.379 e. The second kappa shape index (κ2) is 9.93. The Morgan fingerprint density at radius 1 is 1.14 bits per heavy atom. The highest BCUT2D eigenvalue weighted by Gasteiger charge is 2.15. The van der Waals surface area contributed by atoms with Crippen LogP contribution in [0.3, 0.4) is 0 Å². The Morgan fingerprint density at radius 2 is 2.07 bits per heavy atom. The number of aromatic nitrogens is 3. The molecule has 1 N–H and O–H groups in total. The molecule has 0 aromatic carbocycles. The van der Waals surface area contributed by atoms with E-state index in [0.717, 1.165) is 64.6 Å². The number of nitrogens with zero attached hydrogens (tertiary/aromatic N) is 4. The van der Waals surface area contributed by atoms with E-state index >= 15 is 0 Å². The molecular weight excluding hydrogens is 370 g/mol. The number of pyridine rings is 1. The summed E-state index contributed by atoms with van der Waals surface area (Å²) in [6.45, 7) is 7.75. The summed E-state index contributed by atoms with van der Waals surface area (Å²) in [6.07, 6.45) is 6.90. The highest BCUT2D eigenvalue weighted by Crippen LogP contribution is 2.27. The fourth-order valence-electron chi connectivity index (χ4n) is 3.61. The molecule has 148 valence electrons. The van der Waals surface area contributed by atoms with Crippen molar-refractivity contribution in [2.45, 2.75) is 19.5 Å². The number of aromatic amines is 1. The van der Waals surface area contributed by atoms with Crippen molar-refractivity contribution >= 4 is 11.3 Å². The number of morpholine rings is 1. The van der Waals surface area contributed by atoms with Crippen LogP contribution in [-0.4, -0.2) is 64.4 Å². The SMILES string of the molecule is c1cncc(CN(CCCN2CCOCC2)Cc2cn[nH]c2-c2cccs2)c1. The molecule has 0 unspecified atom stereocenters. The molecule has 4 heterocycles. The Bertz CT molecular complexity index is 814. The molecule has 0 radical (unpaired) electrons. The van der Waals surface area contributed by atoms with Gasteiger partial charge in [-0.25, -0.2) is 0 Å². The number of ether oxygens (including phenoxy) is 1. The zero-order valence-corrected chi connectivity index (χ0v) is 16.9. The smallest absolute Gasteiger partial charge is 0.0794 e. The van der Waals surface area contributed by atoms with Crippen molar-refractivity contribution in [3.63, 3.8) is 0 Å². The molecule has 0 aliphatic carbocycles. The van der Waals surface area contributed by atoms with Crippen LogP contribution in [0.5, 0.6) is 0 Å². The monoisotopic (exact) mass is 397 g/mol. The van der Waals surface area contributed by atoms with Gasteiger partial charge in [-0.1, -0.05) is 12.1 Å². The molecule has 0 bridgehead atoms. The second-order valence-electron chi connectivity index (χ2n) is 7.13. The molecule has 0 spiro atoms. The van der Waals surface area contributed by atoms with Crippen molar-refractivity contribution in [1.29, 1.82) is 0 Å². The Hall–Kier alpha value is -2.06. The predicted molar refractivity (Wildman–Crippen MR) is 112 cm³/mol. The molecule has 6 nitrogen and oxygen atoms in total. The molecule has 28 heavy (non-hydrogen) atoms. The highest BCUT2D eigenvalue weighted by atomic mass is 32.1. The summed E-state index contributed by atoms with van der Waals surface area (Å²) < 4.78 is 5.46. The summed E-state index contributed by atoms with van der Waals surface area (Å²) in [4.78, 5) is 10.5. The molecule has 1 saturated heterocycles. The lowest BCUT2D eigenvalue weighted by Crippen LogP contribution is -2.38. The van der Waals surface area contributed by atoms with E-state index in [0.29, 0.717) is 0 Å². The average Bonchev–Trinajstić information content (AvgIpc) is 3.41. The first kappa shape index (κ1) is 19.3. The van der Waals surface area contributed by atoms with Crippen molar-refractivity contribution < 1.29 is 4.74 Å². The van der Waals surface area contributed by atoms with Crippen LogP contribution in [-0.2, 0) is 17.8 Å². The van der Waals surface area contributed by atoms with E-state index < -0.39 is 0 Å². The first-order valence-corrected chi connectivity index (χ1v) is 10.7. The average molecular weight is 398 g/mol. The van der Waals surface area contributed by atoms with Gasteiger partial charge in [0.05, 0.1) is 30.0 Å². The van der Waals surface area contributed by atoms with E-state index in [4.69, 9.17) is 4.74 Å². The van der Waals surface area contributed by atoms with Crippen LogP contribution in [0, 0.1) is 0 Å². The third-order valence-electron chi connectivity index (χ3n) is 5.06. The number of rotatable bonds is 9. The van der Waals surface area contributed by atoms with Crippen LogP contribution in [0.25, 0.3) is 10.6 Å². The van der Waals surface area contributed by atoms with E-state index in [-0.39, 0.29) is 0 Å². The number of H-pyrrole nitrogens is 1. The van der Waals surface area contributed by atoms with Gasteiger partial charge >= 0.3 is 0 Å². The van der Waals surface area contributed by atoms with Gasteiger partial charge in [0.15, 0.2) is 0 Å². The van der Waals surface area contributed by atoms with E-state index in [2.05, 4.69) is 48.6 Å². The fraction of sp³-hybridized carbons (Fsp3) is 0.429. The minimum absolute atomic E-state index is 0.860. The number of nitrogens with one attached hydrogen (secondary N) is 1. The zero-order valence-electron chi connectivity index (χ0n) is 16.1. The molecule has 1 fully saturated rings. The normalized spacial score (nSPS) is 15.3. The van der Waals surface area contributed by atoms with Crippen LogP contribution in [0.1, 0.15) is 17.5 Å². The predicted octanol–water partition coefficient (Wildman–Crippen LogP) is 3.26. The lowest BCUT2D eigenvalue weighted by molar-refractivity contribution is 0.0359. The maximum atomic E-state index is 5.46. The van der Waals surface area contributed by atoms with E-state index in [1.807, 2.05) is 24.7 Å². The summed E-state index contributed by atoms with van der Waals surface area (Å²) in [5.74, 6) is 0. The van der Waals surface area contributed by atoms with Crippen LogP contribution in [0.15, 0.2) is 48.2 Å². The van der Waals surface area contributed by atoms with Gasteiger partial charge in [0.2, 0.25) is 0 Å². The van der Waals surface area contributed by atoms with Crippen molar-refractivity contribution in [1.82, 2.24) is 25.0 Å². The van der Waals surface area contributed by atoms with Gasteiger partial charge in [0.1, 0.15) is 0 Å². The summed E-state index contributed by atoms with van der Waals surface area (Å²) in [5.41, 5.74) is 3.63. The Kier molecular flexibility index (Phi) is 6.83. The van der Waals surface area contributed by atoms with E-state index in [1.165, 1.54) is 16.0 Å². The van der Waals surface area contributed by atoms with E-state index in [1.54, 1.807) is 11.3 Å². The van der Waals surface area contributed by atoms with Crippen molar-refractivity contribution in [2.75, 3.05) is 39.4 Å². The third-order valence-corrected chi connectivity index (χ3v) is 5.95. The molecular formula is C21H27N5OS. The van der Waals surface area contributed by atoms with Gasteiger partial charge in [-0.2, -0.15) is 5.10 Å². The molecule has 1 aliphatic heterocycles. The standard InChI is InChI=1S/C21H27N5OS/c1-4-18(14-22-6-1)16-26(8-3-7-25-9-11-27-12-10-25)17-19-15-23-24-21(19)20-5-2-13-28-20/h1-2,4-6,13-15H,3,7-12,16-17H2,(H,23,24). The van der Waals surface area contributed by atoms with Gasteiger partial charge in [-0.05, 0) is 36.0 Å². The summed E-state index contributed by atoms with van der Waals surface area (Å²) in [6, 6.07) is 8.39. The van der Waals surface area contributed by atoms with Gasteiger partial charge in [0.25, 0.3) is 0 Å². The molecule has 3 aromatic rings. The topological polar surface area (TPSA) is 57.3 Å². The molecule has 0 atom stereocenters. The zero-order chi connectivity index (χ0) is 19.0. The van der Waals surface area contributed by atoms with Crippen LogP contribution in [0.4, 0.5) is 0 Å². The lowest BCUT2D eigenvalue weighted by atomic mass is 10.1. The Morgan fingerprint density at radius 3 is 2.86 bits per heavy atom. The van der Waals surface area contributed by atoms with Gasteiger partial charge in [-0.15, -0.1) is 11.3 Å². The maximum absolute atomic E-state index is 5.46. The van der Waals surface area contributed by atoms with Crippen molar-refractivity contribution in [3.05, 3.63) is 59.4 Å².